The van der Waals surface area contributed by atoms with Crippen LogP contribution < -0.4 is 0 Å². The second-order valence-corrected chi connectivity index (χ2v) is 9.35. The van der Waals surface area contributed by atoms with Crippen LogP contribution in [0.4, 0.5) is 0 Å². The van der Waals surface area contributed by atoms with Crippen LogP contribution >= 0.6 is 0 Å². The molecule has 0 amide bonds. The number of sulfonamides is 1. The van der Waals surface area contributed by atoms with Crippen molar-refractivity contribution in [3.63, 3.8) is 0 Å². The number of benzene rings is 2. The van der Waals surface area contributed by atoms with E-state index in [0.29, 0.717) is 0 Å². The highest BCUT2D eigenvalue weighted by Gasteiger charge is 2.28. The zero-order valence-corrected chi connectivity index (χ0v) is 15.9. The maximum Gasteiger partial charge on any atom is 0.282 e. The van der Waals surface area contributed by atoms with Gasteiger partial charge in [0.15, 0.2) is 5.78 Å². The topological polar surface area (TPSA) is 97.7 Å². The van der Waals surface area contributed by atoms with Gasteiger partial charge in [0, 0.05) is 0 Å². The Balaban J connectivity index is 2.05. The van der Waals surface area contributed by atoms with Crippen molar-refractivity contribution in [1.29, 1.82) is 0 Å². The largest absolute Gasteiger partial charge is 0.288 e. The number of aryl methyl sites for hydroxylation is 1. The predicted molar refractivity (Wildman–Crippen MR) is 102 cm³/mol. The normalized spacial score (nSPS) is 16.4. The number of carbonyl (C=O) groups excluding carboxylic acids is 1. The fourth-order valence-corrected chi connectivity index (χ4v) is 4.75. The van der Waals surface area contributed by atoms with E-state index in [9.17, 15) is 21.6 Å². The Hall–Kier alpha value is -2.84. The van der Waals surface area contributed by atoms with Gasteiger partial charge in [-0.2, -0.15) is 12.8 Å². The summed E-state index contributed by atoms with van der Waals surface area (Å²) in [6, 6.07) is 13.5. The predicted octanol–water partition coefficient (Wildman–Crippen LogP) is 2.62. The Morgan fingerprint density at radius 1 is 0.778 bits per heavy atom. The summed E-state index contributed by atoms with van der Waals surface area (Å²) in [4.78, 5) is 11.5. The first-order chi connectivity index (χ1) is 12.7. The lowest BCUT2D eigenvalue weighted by Gasteiger charge is -2.10. The van der Waals surface area contributed by atoms with Gasteiger partial charge in [-0.25, -0.2) is 8.42 Å². The molecule has 0 heterocycles. The van der Waals surface area contributed by atoms with E-state index in [4.69, 9.17) is 0 Å². The smallest absolute Gasteiger partial charge is 0.282 e. The Kier molecular flexibility index (Phi) is 4.95. The molecular formula is C19H15NO5S2. The van der Waals surface area contributed by atoms with E-state index in [-0.39, 0.29) is 15.5 Å². The fraction of sp³-hybridized carbons (Fsp3) is 0.0526. The van der Waals surface area contributed by atoms with Crippen LogP contribution in [-0.2, 0) is 24.7 Å². The molecule has 1 aliphatic rings. The molecule has 0 N–H and O–H groups in total. The number of nitrogens with zero attached hydrogens (tertiary/aromatic N) is 1. The molecule has 2 aromatic rings. The van der Waals surface area contributed by atoms with E-state index in [0.717, 1.165) is 17.7 Å². The zero-order chi connectivity index (χ0) is 19.7. The lowest BCUT2D eigenvalue weighted by molar-refractivity contribution is -0.110. The lowest BCUT2D eigenvalue weighted by Crippen LogP contribution is -2.17. The number of ketones is 1. The Morgan fingerprint density at radius 3 is 2.04 bits per heavy atom. The molecule has 138 valence electrons. The van der Waals surface area contributed by atoms with Gasteiger partial charge in [0.2, 0.25) is 9.84 Å². The molecule has 0 saturated heterocycles. The van der Waals surface area contributed by atoms with Gasteiger partial charge in [-0.15, -0.1) is 0 Å². The molecule has 1 aliphatic carbocycles. The van der Waals surface area contributed by atoms with Crippen LogP contribution in [0.5, 0.6) is 0 Å². The number of sulfone groups is 1. The van der Waals surface area contributed by atoms with Crippen molar-refractivity contribution in [2.75, 3.05) is 0 Å². The first-order valence-corrected chi connectivity index (χ1v) is 10.8. The van der Waals surface area contributed by atoms with Crippen molar-refractivity contribution < 1.29 is 21.6 Å². The summed E-state index contributed by atoms with van der Waals surface area (Å²) in [5.41, 5.74) is 0.755. The maximum atomic E-state index is 12.7. The van der Waals surface area contributed by atoms with Gasteiger partial charge in [0.05, 0.1) is 15.5 Å². The second kappa shape index (κ2) is 7.05. The van der Waals surface area contributed by atoms with Gasteiger partial charge >= 0.3 is 0 Å². The second-order valence-electron chi connectivity index (χ2n) is 5.83. The Labute approximate surface area is 157 Å². The van der Waals surface area contributed by atoms with Gasteiger partial charge in [-0.1, -0.05) is 35.9 Å². The average molecular weight is 401 g/mol. The quantitative estimate of drug-likeness (QED) is 0.734. The molecule has 6 nitrogen and oxygen atoms in total. The van der Waals surface area contributed by atoms with Gasteiger partial charge < -0.3 is 0 Å². The summed E-state index contributed by atoms with van der Waals surface area (Å²) < 4.78 is 53.9. The fourth-order valence-electron chi connectivity index (χ4n) is 2.39. The molecule has 0 fully saturated rings. The molecule has 3 rings (SSSR count). The Morgan fingerprint density at radius 2 is 1.41 bits per heavy atom. The highest BCUT2D eigenvalue weighted by Crippen LogP contribution is 2.23. The molecule has 0 spiro atoms. The number of hydrogen-bond acceptors (Lipinski definition) is 5. The Bertz CT molecular complexity index is 1190. The van der Waals surface area contributed by atoms with E-state index in [2.05, 4.69) is 4.40 Å². The van der Waals surface area contributed by atoms with Gasteiger partial charge in [-0.05, 0) is 49.4 Å². The van der Waals surface area contributed by atoms with Crippen molar-refractivity contribution in [3.05, 3.63) is 83.3 Å². The highest BCUT2D eigenvalue weighted by molar-refractivity contribution is 7.96. The van der Waals surface area contributed by atoms with Gasteiger partial charge in [0.25, 0.3) is 10.0 Å². The standard InChI is InChI=1S/C19H15NO5S2/c1-14-7-10-17(11-8-14)27(24,25)20-15-9-12-18(21)19(13-15)26(22,23)16-5-3-2-4-6-16/h2-13H,1H3. The van der Waals surface area contributed by atoms with Crippen LogP contribution in [0.15, 0.2) is 91.9 Å². The minimum Gasteiger partial charge on any atom is -0.288 e. The average Bonchev–Trinajstić information content (AvgIpc) is 2.64. The number of carbonyl (C=O) groups is 1. The van der Waals surface area contributed by atoms with Crippen LogP contribution in [0.3, 0.4) is 0 Å². The van der Waals surface area contributed by atoms with E-state index in [1.165, 1.54) is 42.5 Å². The molecule has 0 atom stereocenters. The molecule has 2 aromatic carbocycles. The molecule has 0 aromatic heterocycles. The first kappa shape index (κ1) is 18.9. The summed E-state index contributed by atoms with van der Waals surface area (Å²) >= 11 is 0. The minimum atomic E-state index is -4.09. The van der Waals surface area contributed by atoms with Gasteiger partial charge in [0.1, 0.15) is 4.91 Å². The molecule has 27 heavy (non-hydrogen) atoms. The number of allylic oxidation sites excluding steroid dienone is 4. The number of hydrogen-bond donors (Lipinski definition) is 0. The summed E-state index contributed by atoms with van der Waals surface area (Å²) in [6.45, 7) is 1.82. The van der Waals surface area contributed by atoms with Crippen LogP contribution in [0.25, 0.3) is 0 Å². The monoisotopic (exact) mass is 401 g/mol. The number of rotatable bonds is 4. The van der Waals surface area contributed by atoms with Crippen molar-refractivity contribution in [2.24, 2.45) is 4.40 Å². The molecule has 8 heteroatoms. The maximum absolute atomic E-state index is 12.7. The molecule has 0 aliphatic heterocycles. The summed E-state index contributed by atoms with van der Waals surface area (Å²) in [7, 11) is -8.13. The zero-order valence-electron chi connectivity index (χ0n) is 14.2. The van der Waals surface area contributed by atoms with Crippen LogP contribution in [0.1, 0.15) is 5.56 Å². The third-order valence-corrected chi connectivity index (χ3v) is 6.92. The summed E-state index contributed by atoms with van der Waals surface area (Å²) in [6.07, 6.45) is 3.16. The summed E-state index contributed by atoms with van der Waals surface area (Å²) in [5.74, 6) is -0.731. The molecule has 0 bridgehead atoms. The van der Waals surface area contributed by atoms with Crippen molar-refractivity contribution in [1.82, 2.24) is 0 Å². The van der Waals surface area contributed by atoms with Crippen molar-refractivity contribution in [3.8, 4) is 0 Å². The lowest BCUT2D eigenvalue weighted by atomic mass is 10.2. The van der Waals surface area contributed by atoms with Gasteiger partial charge in [-0.3, -0.25) is 4.79 Å². The molecular weight excluding hydrogens is 386 g/mol. The molecule has 0 radical (unpaired) electrons. The van der Waals surface area contributed by atoms with Crippen molar-refractivity contribution in [2.45, 2.75) is 16.7 Å². The SMILES string of the molecule is Cc1ccc(S(=O)(=O)N=C2C=CC(=O)C(S(=O)(=O)c3ccccc3)=C2)cc1. The van der Waals surface area contributed by atoms with E-state index < -0.39 is 30.5 Å². The van der Waals surface area contributed by atoms with E-state index >= 15 is 0 Å². The van der Waals surface area contributed by atoms with Crippen LogP contribution in [-0.4, -0.2) is 28.3 Å². The molecule has 0 unspecified atom stereocenters. The van der Waals surface area contributed by atoms with Crippen molar-refractivity contribution >= 4 is 31.4 Å². The first-order valence-electron chi connectivity index (χ1n) is 7.86. The highest BCUT2D eigenvalue weighted by atomic mass is 32.2. The third-order valence-electron chi connectivity index (χ3n) is 3.81. The molecule has 0 saturated carbocycles. The minimum absolute atomic E-state index is 0.0215. The van der Waals surface area contributed by atoms with Crippen LogP contribution in [0.2, 0.25) is 0 Å². The van der Waals surface area contributed by atoms with E-state index in [1.807, 2.05) is 6.92 Å². The third kappa shape index (κ3) is 3.96. The van der Waals surface area contributed by atoms with E-state index in [1.54, 1.807) is 18.2 Å². The summed E-state index contributed by atoms with van der Waals surface area (Å²) in [5, 5.41) is 0. The van der Waals surface area contributed by atoms with Crippen LogP contribution in [0, 0.1) is 6.92 Å².